The maximum absolute atomic E-state index is 8.39. The number of rotatable bonds is 5. The Balaban J connectivity index is 1.89. The van der Waals surface area contributed by atoms with Crippen LogP contribution in [0.1, 0.15) is 5.69 Å². The summed E-state index contributed by atoms with van der Waals surface area (Å²) >= 11 is 0. The van der Waals surface area contributed by atoms with E-state index in [1.807, 2.05) is 36.4 Å². The van der Waals surface area contributed by atoms with Gasteiger partial charge in [-0.05, 0) is 30.3 Å². The van der Waals surface area contributed by atoms with E-state index in [1.165, 1.54) is 6.33 Å². The number of anilines is 1. The average molecular weight is 240 g/mol. The predicted molar refractivity (Wildman–Crippen MR) is 66.9 cm³/mol. The molecule has 18 heavy (non-hydrogen) atoms. The van der Waals surface area contributed by atoms with Crippen molar-refractivity contribution in [2.45, 2.75) is 6.54 Å². The Kier molecular flexibility index (Phi) is 4.09. The quantitative estimate of drug-likeness (QED) is 0.865. The monoisotopic (exact) mass is 240 g/mol. The van der Waals surface area contributed by atoms with Crippen LogP contribution in [0.5, 0.6) is 5.75 Å². The molecule has 0 unspecified atom stereocenters. The summed E-state index contributed by atoms with van der Waals surface area (Å²) in [6.07, 6.45) is 3.23. The lowest BCUT2D eigenvalue weighted by atomic mass is 10.3. The summed E-state index contributed by atoms with van der Waals surface area (Å²) < 4.78 is 5.16. The number of hydrogen-bond donors (Lipinski definition) is 1. The van der Waals surface area contributed by atoms with E-state index >= 15 is 0 Å². The average Bonchev–Trinajstić information content (AvgIpc) is 2.45. The number of benzene rings is 1. The molecule has 0 saturated carbocycles. The number of hydrogen-bond acceptors (Lipinski definition) is 5. The van der Waals surface area contributed by atoms with Crippen LogP contribution in [0, 0.1) is 11.3 Å². The predicted octanol–water partition coefficient (Wildman–Crippen LogP) is 1.99. The van der Waals surface area contributed by atoms with E-state index in [1.54, 1.807) is 6.20 Å². The largest absolute Gasteiger partial charge is 0.479 e. The van der Waals surface area contributed by atoms with Crippen molar-refractivity contribution in [1.82, 2.24) is 9.97 Å². The molecular formula is C13H12N4O. The fourth-order valence-corrected chi connectivity index (χ4v) is 1.40. The third kappa shape index (κ3) is 3.46. The summed E-state index contributed by atoms with van der Waals surface area (Å²) in [6, 6.07) is 11.2. The minimum Gasteiger partial charge on any atom is -0.479 e. The first-order chi connectivity index (χ1) is 8.88. The third-order valence-electron chi connectivity index (χ3n) is 2.27. The molecule has 0 saturated heterocycles. The normalized spacial score (nSPS) is 9.50. The summed E-state index contributed by atoms with van der Waals surface area (Å²) in [4.78, 5) is 7.98. The molecule has 1 aromatic heterocycles. The van der Waals surface area contributed by atoms with E-state index in [4.69, 9.17) is 10.00 Å². The Morgan fingerprint density at radius 2 is 2.06 bits per heavy atom. The van der Waals surface area contributed by atoms with Crippen molar-refractivity contribution in [2.24, 2.45) is 0 Å². The molecule has 0 atom stereocenters. The molecule has 0 aliphatic heterocycles. The van der Waals surface area contributed by atoms with Crippen molar-refractivity contribution >= 4 is 5.69 Å². The lowest BCUT2D eigenvalue weighted by molar-refractivity contribution is 0.368. The smallest absolute Gasteiger partial charge is 0.174 e. The van der Waals surface area contributed by atoms with Crippen LogP contribution in [0.25, 0.3) is 0 Å². The number of nitrogens with zero attached hydrogens (tertiary/aromatic N) is 3. The molecular weight excluding hydrogens is 228 g/mol. The summed E-state index contributed by atoms with van der Waals surface area (Å²) in [7, 11) is 0. The summed E-state index contributed by atoms with van der Waals surface area (Å²) in [5.41, 5.74) is 1.90. The Morgan fingerprint density at radius 1 is 1.22 bits per heavy atom. The van der Waals surface area contributed by atoms with Crippen LogP contribution < -0.4 is 10.1 Å². The fraction of sp³-hybridized carbons (Fsp3) is 0.154. The lowest BCUT2D eigenvalue weighted by Crippen LogP contribution is -2.01. The summed E-state index contributed by atoms with van der Waals surface area (Å²) in [5, 5.41) is 11.6. The third-order valence-corrected chi connectivity index (χ3v) is 2.27. The Morgan fingerprint density at radius 3 is 2.72 bits per heavy atom. The highest BCUT2D eigenvalue weighted by atomic mass is 16.5. The first-order valence-electron chi connectivity index (χ1n) is 5.47. The summed E-state index contributed by atoms with van der Waals surface area (Å²) in [5.74, 6) is 0.684. The minimum atomic E-state index is 0.0632. The van der Waals surface area contributed by atoms with Crippen LogP contribution in [0.15, 0.2) is 42.9 Å². The van der Waals surface area contributed by atoms with Gasteiger partial charge < -0.3 is 10.1 Å². The molecule has 0 amide bonds. The highest BCUT2D eigenvalue weighted by Gasteiger charge is 1.96. The molecule has 1 aromatic carbocycles. The number of nitriles is 1. The number of aromatic nitrogens is 2. The number of nitrogens with one attached hydrogen (secondary N) is 1. The van der Waals surface area contributed by atoms with Crippen LogP contribution in [-0.2, 0) is 6.54 Å². The van der Waals surface area contributed by atoms with E-state index in [2.05, 4.69) is 15.3 Å². The molecule has 0 fully saturated rings. The van der Waals surface area contributed by atoms with Crippen LogP contribution >= 0.6 is 0 Å². The van der Waals surface area contributed by atoms with Crippen LogP contribution in [-0.4, -0.2) is 16.6 Å². The van der Waals surface area contributed by atoms with Crippen molar-refractivity contribution in [3.05, 3.63) is 48.5 Å². The standard InChI is InChI=1S/C13H12N4O/c14-6-8-18-13-3-1-11(2-4-13)16-9-12-5-7-15-10-17-12/h1-5,7,10,16H,8-9H2. The Bertz CT molecular complexity index is 519. The van der Waals surface area contributed by atoms with E-state index in [-0.39, 0.29) is 6.61 Å². The van der Waals surface area contributed by atoms with Gasteiger partial charge in [0.25, 0.3) is 0 Å². The van der Waals surface area contributed by atoms with Crippen LogP contribution in [0.2, 0.25) is 0 Å². The van der Waals surface area contributed by atoms with Gasteiger partial charge in [-0.2, -0.15) is 5.26 Å². The zero-order chi connectivity index (χ0) is 12.6. The highest BCUT2D eigenvalue weighted by molar-refractivity contribution is 5.46. The van der Waals surface area contributed by atoms with Crippen LogP contribution in [0.3, 0.4) is 0 Å². The maximum atomic E-state index is 8.39. The second-order valence-electron chi connectivity index (χ2n) is 3.53. The second kappa shape index (κ2) is 6.21. The van der Waals surface area contributed by atoms with Crippen molar-refractivity contribution in [2.75, 3.05) is 11.9 Å². The molecule has 0 aliphatic carbocycles. The van der Waals surface area contributed by atoms with Crippen molar-refractivity contribution in [3.63, 3.8) is 0 Å². The van der Waals surface area contributed by atoms with Gasteiger partial charge in [-0.3, -0.25) is 0 Å². The van der Waals surface area contributed by atoms with E-state index in [0.717, 1.165) is 11.4 Å². The molecule has 5 nitrogen and oxygen atoms in total. The van der Waals surface area contributed by atoms with Gasteiger partial charge in [-0.25, -0.2) is 9.97 Å². The molecule has 0 spiro atoms. The van der Waals surface area contributed by atoms with Crippen LogP contribution in [0.4, 0.5) is 5.69 Å². The molecule has 0 aliphatic rings. The summed E-state index contributed by atoms with van der Waals surface area (Å²) in [6.45, 7) is 0.703. The number of ether oxygens (including phenoxy) is 1. The van der Waals surface area contributed by atoms with E-state index < -0.39 is 0 Å². The highest BCUT2D eigenvalue weighted by Crippen LogP contribution is 2.15. The van der Waals surface area contributed by atoms with Gasteiger partial charge in [-0.1, -0.05) is 0 Å². The molecule has 5 heteroatoms. The van der Waals surface area contributed by atoms with Crippen molar-refractivity contribution in [1.29, 1.82) is 5.26 Å². The molecule has 90 valence electrons. The van der Waals surface area contributed by atoms with Crippen molar-refractivity contribution < 1.29 is 4.74 Å². The van der Waals surface area contributed by atoms with Gasteiger partial charge in [0, 0.05) is 11.9 Å². The fourth-order valence-electron chi connectivity index (χ4n) is 1.40. The zero-order valence-corrected chi connectivity index (χ0v) is 9.71. The van der Waals surface area contributed by atoms with Gasteiger partial charge in [-0.15, -0.1) is 0 Å². The van der Waals surface area contributed by atoms with E-state index in [0.29, 0.717) is 12.3 Å². The molecule has 1 N–H and O–H groups in total. The molecule has 0 radical (unpaired) electrons. The minimum absolute atomic E-state index is 0.0632. The van der Waals surface area contributed by atoms with Gasteiger partial charge in [0.15, 0.2) is 6.61 Å². The maximum Gasteiger partial charge on any atom is 0.174 e. The van der Waals surface area contributed by atoms with E-state index in [9.17, 15) is 0 Å². The van der Waals surface area contributed by atoms with Gasteiger partial charge in [0.1, 0.15) is 18.1 Å². The first-order valence-corrected chi connectivity index (χ1v) is 5.47. The molecule has 0 bridgehead atoms. The Labute approximate surface area is 105 Å². The molecule has 2 rings (SSSR count). The SMILES string of the molecule is N#CCOc1ccc(NCc2ccncn2)cc1. The lowest BCUT2D eigenvalue weighted by Gasteiger charge is -2.07. The van der Waals surface area contributed by atoms with Crippen molar-refractivity contribution in [3.8, 4) is 11.8 Å². The molecule has 2 aromatic rings. The van der Waals surface area contributed by atoms with Gasteiger partial charge >= 0.3 is 0 Å². The molecule has 1 heterocycles. The van der Waals surface area contributed by atoms with Gasteiger partial charge in [0.2, 0.25) is 0 Å². The van der Waals surface area contributed by atoms with Gasteiger partial charge in [0.05, 0.1) is 12.2 Å². The zero-order valence-electron chi connectivity index (χ0n) is 9.71. The second-order valence-corrected chi connectivity index (χ2v) is 3.53. The first kappa shape index (κ1) is 11.9. The Hall–Kier alpha value is -2.61. The topological polar surface area (TPSA) is 70.8 Å².